The molecule has 0 saturated heterocycles. The molecule has 4 heteroatoms. The zero-order chi connectivity index (χ0) is 13.4. The van der Waals surface area contributed by atoms with Gasteiger partial charge in [-0.3, -0.25) is 4.79 Å². The van der Waals surface area contributed by atoms with Crippen LogP contribution in [0.4, 0.5) is 0 Å². The van der Waals surface area contributed by atoms with Crippen LogP contribution in [-0.4, -0.2) is 50.2 Å². The Morgan fingerprint density at radius 1 is 1.28 bits per heavy atom. The number of amides is 1. The first-order chi connectivity index (χ1) is 8.60. The molecule has 0 aromatic heterocycles. The molecule has 0 aromatic carbocycles. The van der Waals surface area contributed by atoms with Crippen molar-refractivity contribution in [2.45, 2.75) is 51.0 Å². The third kappa shape index (κ3) is 4.58. The maximum Gasteiger partial charge on any atom is 0.246 e. The maximum atomic E-state index is 11.7. The molecule has 106 valence electrons. The van der Waals surface area contributed by atoms with Gasteiger partial charge in [-0.15, -0.1) is 0 Å². The zero-order valence-corrected chi connectivity index (χ0v) is 12.1. The largest absolute Gasteiger partial charge is 0.372 e. The van der Waals surface area contributed by atoms with E-state index in [-0.39, 0.29) is 18.1 Å². The minimum absolute atomic E-state index is 0.00949. The summed E-state index contributed by atoms with van der Waals surface area (Å²) in [6.45, 7) is 3.64. The molecule has 0 radical (unpaired) electrons. The molecule has 1 aliphatic rings. The molecule has 1 amide bonds. The summed E-state index contributed by atoms with van der Waals surface area (Å²) in [7, 11) is 4.23. The van der Waals surface area contributed by atoms with Gasteiger partial charge in [0.1, 0.15) is 6.61 Å². The first kappa shape index (κ1) is 15.4. The van der Waals surface area contributed by atoms with E-state index >= 15 is 0 Å². The first-order valence-corrected chi connectivity index (χ1v) is 7.12. The summed E-state index contributed by atoms with van der Waals surface area (Å²) in [6.07, 6.45) is 7.16. The van der Waals surface area contributed by atoms with Crippen molar-refractivity contribution >= 4 is 5.91 Å². The predicted molar refractivity (Wildman–Crippen MR) is 73.6 cm³/mol. The van der Waals surface area contributed by atoms with Crippen molar-refractivity contribution in [1.82, 2.24) is 10.2 Å². The number of nitrogens with one attached hydrogen (secondary N) is 1. The molecule has 18 heavy (non-hydrogen) atoms. The molecule has 4 nitrogen and oxygen atoms in total. The van der Waals surface area contributed by atoms with E-state index in [9.17, 15) is 4.79 Å². The summed E-state index contributed by atoms with van der Waals surface area (Å²) >= 11 is 0. The van der Waals surface area contributed by atoms with Crippen molar-refractivity contribution in [2.24, 2.45) is 0 Å². The zero-order valence-electron chi connectivity index (χ0n) is 12.1. The number of carbonyl (C=O) groups excluding carboxylic acids is 1. The quantitative estimate of drug-likeness (QED) is 0.706. The van der Waals surface area contributed by atoms with Crippen molar-refractivity contribution in [2.75, 3.05) is 33.9 Å². The summed E-state index contributed by atoms with van der Waals surface area (Å²) in [4.78, 5) is 13.9. The highest BCUT2D eigenvalue weighted by Gasteiger charge is 2.34. The predicted octanol–water partition coefficient (Wildman–Crippen LogP) is 1.79. The van der Waals surface area contributed by atoms with Crippen LogP contribution in [0.2, 0.25) is 0 Å². The molecule has 0 unspecified atom stereocenters. The number of carbonyl (C=O) groups is 1. The molecule has 0 aliphatic heterocycles. The number of nitrogens with zero attached hydrogens (tertiary/aromatic N) is 1. The van der Waals surface area contributed by atoms with Crippen molar-refractivity contribution in [3.63, 3.8) is 0 Å². The Balaban J connectivity index is 2.35. The van der Waals surface area contributed by atoms with E-state index in [1.807, 2.05) is 6.92 Å². The molecule has 1 aliphatic carbocycles. The van der Waals surface area contributed by atoms with Crippen LogP contribution in [0.25, 0.3) is 0 Å². The van der Waals surface area contributed by atoms with Gasteiger partial charge in [-0.2, -0.15) is 0 Å². The molecule has 0 aromatic rings. The average molecular weight is 256 g/mol. The lowest BCUT2D eigenvalue weighted by molar-refractivity contribution is -0.126. The molecule has 1 N–H and O–H groups in total. The maximum absolute atomic E-state index is 11.7. The van der Waals surface area contributed by atoms with Crippen molar-refractivity contribution < 1.29 is 9.53 Å². The molecule has 1 fully saturated rings. The third-order valence-corrected chi connectivity index (χ3v) is 3.93. The number of likely N-dealkylation sites (N-methyl/N-ethyl adjacent to an activating group) is 1. The SMILES string of the molecule is CCCOCC(=O)NCC1(N(C)C)CCCCC1. The van der Waals surface area contributed by atoms with Crippen molar-refractivity contribution in [3.8, 4) is 0 Å². The topological polar surface area (TPSA) is 41.6 Å². The van der Waals surface area contributed by atoms with Crippen LogP contribution in [0, 0.1) is 0 Å². The normalized spacial score (nSPS) is 18.9. The molecule has 0 heterocycles. The molecule has 0 bridgehead atoms. The van der Waals surface area contributed by atoms with Gasteiger partial charge in [0, 0.05) is 18.7 Å². The highest BCUT2D eigenvalue weighted by molar-refractivity contribution is 5.77. The lowest BCUT2D eigenvalue weighted by Crippen LogP contribution is -2.54. The Morgan fingerprint density at radius 3 is 2.50 bits per heavy atom. The molecule has 0 atom stereocenters. The van der Waals surface area contributed by atoms with Crippen molar-refractivity contribution in [3.05, 3.63) is 0 Å². The van der Waals surface area contributed by atoms with Crippen LogP contribution in [0.1, 0.15) is 45.4 Å². The molecule has 0 spiro atoms. The lowest BCUT2D eigenvalue weighted by atomic mass is 9.80. The Hall–Kier alpha value is -0.610. The highest BCUT2D eigenvalue weighted by Crippen LogP contribution is 2.31. The molecule has 1 saturated carbocycles. The van der Waals surface area contributed by atoms with Gasteiger partial charge in [0.05, 0.1) is 0 Å². The van der Waals surface area contributed by atoms with Gasteiger partial charge in [0.15, 0.2) is 0 Å². The van der Waals surface area contributed by atoms with Gasteiger partial charge in [0.2, 0.25) is 5.91 Å². The summed E-state index contributed by atoms with van der Waals surface area (Å²) < 4.78 is 5.25. The van der Waals surface area contributed by atoms with Crippen LogP contribution in [-0.2, 0) is 9.53 Å². The standard InChI is InChI=1S/C14H28N2O2/c1-4-10-18-11-13(17)15-12-14(16(2)3)8-6-5-7-9-14/h4-12H2,1-3H3,(H,15,17). The van der Waals surface area contributed by atoms with Gasteiger partial charge in [-0.05, 0) is 33.4 Å². The van der Waals surface area contributed by atoms with Crippen LogP contribution in [0.5, 0.6) is 0 Å². The fourth-order valence-electron chi connectivity index (χ4n) is 2.62. The van der Waals surface area contributed by atoms with E-state index in [4.69, 9.17) is 4.74 Å². The molecular formula is C14H28N2O2. The lowest BCUT2D eigenvalue weighted by Gasteiger charge is -2.43. The minimum Gasteiger partial charge on any atom is -0.372 e. The Labute approximate surface area is 111 Å². The van der Waals surface area contributed by atoms with E-state index in [1.54, 1.807) is 0 Å². The first-order valence-electron chi connectivity index (χ1n) is 7.12. The fraction of sp³-hybridized carbons (Fsp3) is 0.929. The Morgan fingerprint density at radius 2 is 1.94 bits per heavy atom. The van der Waals surface area contributed by atoms with Gasteiger partial charge < -0.3 is 15.0 Å². The highest BCUT2D eigenvalue weighted by atomic mass is 16.5. The van der Waals surface area contributed by atoms with Crippen LogP contribution in [0.3, 0.4) is 0 Å². The van der Waals surface area contributed by atoms with Gasteiger partial charge in [-0.25, -0.2) is 0 Å². The summed E-state index contributed by atoms with van der Waals surface area (Å²) in [5.74, 6) is 0.00949. The van der Waals surface area contributed by atoms with E-state index in [0.29, 0.717) is 6.61 Å². The summed E-state index contributed by atoms with van der Waals surface area (Å²) in [5.41, 5.74) is 0.151. The Kier molecular flexibility index (Phi) is 6.65. The van der Waals surface area contributed by atoms with E-state index in [2.05, 4.69) is 24.3 Å². The molecular weight excluding hydrogens is 228 g/mol. The minimum atomic E-state index is 0.00949. The number of rotatable bonds is 7. The number of hydrogen-bond acceptors (Lipinski definition) is 3. The monoisotopic (exact) mass is 256 g/mol. The van der Waals surface area contributed by atoms with Crippen LogP contribution in [0.15, 0.2) is 0 Å². The third-order valence-electron chi connectivity index (χ3n) is 3.93. The van der Waals surface area contributed by atoms with Gasteiger partial charge in [0.25, 0.3) is 0 Å². The summed E-state index contributed by atoms with van der Waals surface area (Å²) in [6, 6.07) is 0. The smallest absolute Gasteiger partial charge is 0.246 e. The van der Waals surface area contributed by atoms with E-state index < -0.39 is 0 Å². The van der Waals surface area contributed by atoms with Gasteiger partial charge in [-0.1, -0.05) is 26.2 Å². The van der Waals surface area contributed by atoms with E-state index in [1.165, 1.54) is 32.1 Å². The second-order valence-electron chi connectivity index (χ2n) is 5.51. The second kappa shape index (κ2) is 7.74. The molecule has 1 rings (SSSR count). The van der Waals surface area contributed by atoms with Crippen LogP contribution >= 0.6 is 0 Å². The summed E-state index contributed by atoms with van der Waals surface area (Å²) in [5, 5.41) is 3.03. The number of hydrogen-bond donors (Lipinski definition) is 1. The van der Waals surface area contributed by atoms with Crippen molar-refractivity contribution in [1.29, 1.82) is 0 Å². The van der Waals surface area contributed by atoms with Gasteiger partial charge >= 0.3 is 0 Å². The number of ether oxygens (including phenoxy) is 1. The van der Waals surface area contributed by atoms with Crippen LogP contribution < -0.4 is 5.32 Å². The average Bonchev–Trinajstić information content (AvgIpc) is 2.37. The van der Waals surface area contributed by atoms with E-state index in [0.717, 1.165) is 13.0 Å². The Bertz CT molecular complexity index is 248. The fourth-order valence-corrected chi connectivity index (χ4v) is 2.62. The second-order valence-corrected chi connectivity index (χ2v) is 5.51.